The Bertz CT molecular complexity index is 188. The maximum atomic E-state index is 8.46. The van der Waals surface area contributed by atoms with Gasteiger partial charge in [0.05, 0.1) is 6.07 Å². The molecule has 0 fully saturated rings. The lowest BCUT2D eigenvalue weighted by Crippen LogP contribution is -2.36. The van der Waals surface area contributed by atoms with E-state index in [1.54, 1.807) is 0 Å². The number of rotatable bonds is 9. The van der Waals surface area contributed by atoms with Crippen LogP contribution in [0.4, 0.5) is 0 Å². The summed E-state index contributed by atoms with van der Waals surface area (Å²) in [4.78, 5) is 0. The Morgan fingerprint density at radius 3 is 2.13 bits per heavy atom. The molecule has 0 aliphatic carbocycles. The van der Waals surface area contributed by atoms with Gasteiger partial charge in [-0.2, -0.15) is 5.26 Å². The molecule has 0 heterocycles. The van der Waals surface area contributed by atoms with Crippen molar-refractivity contribution >= 4 is 18.9 Å². The van der Waals surface area contributed by atoms with E-state index in [0.29, 0.717) is 25.7 Å². The van der Waals surface area contributed by atoms with Crippen molar-refractivity contribution in [3.63, 3.8) is 0 Å². The van der Waals surface area contributed by atoms with Crippen molar-refractivity contribution in [1.82, 2.24) is 0 Å². The molecule has 0 radical (unpaired) electrons. The summed E-state index contributed by atoms with van der Waals surface area (Å²) in [5.41, 5.74) is 0. The number of hydrogen-bond acceptors (Lipinski definition) is 3. The Balaban J connectivity index is 3.96. The third-order valence-electron chi connectivity index (χ3n) is 1.81. The molecule has 0 saturated heterocycles. The van der Waals surface area contributed by atoms with E-state index in [4.69, 9.17) is 25.2 Å². The number of hydrogen-bond donors (Lipinski definition) is 0. The van der Waals surface area contributed by atoms with Gasteiger partial charge < -0.3 is 8.85 Å². The first-order valence-electron chi connectivity index (χ1n) is 5.52. The molecule has 0 bridgehead atoms. The Labute approximate surface area is 98.3 Å². The number of unbranched alkanes of at least 4 members (excludes halogenated alkanes) is 1. The minimum absolute atomic E-state index is 0.520. The topological polar surface area (TPSA) is 42.2 Å². The van der Waals surface area contributed by atoms with E-state index >= 15 is 0 Å². The first-order chi connectivity index (χ1) is 7.18. The Morgan fingerprint density at radius 2 is 1.73 bits per heavy atom. The molecule has 0 unspecified atom stereocenters. The molecule has 0 N–H and O–H groups in total. The fourth-order valence-corrected chi connectivity index (χ4v) is 3.93. The van der Waals surface area contributed by atoms with Crippen molar-refractivity contribution in [1.29, 1.82) is 5.26 Å². The lowest BCUT2D eigenvalue weighted by Gasteiger charge is -2.23. The molecule has 15 heavy (non-hydrogen) atoms. The molecule has 0 spiro atoms. The van der Waals surface area contributed by atoms with Crippen LogP contribution in [0.2, 0.25) is 6.04 Å². The average molecular weight is 250 g/mol. The molecular formula is C10H20ClNO2Si. The molecule has 3 nitrogen and oxygen atoms in total. The second-order valence-corrected chi connectivity index (χ2v) is 7.49. The molecule has 5 heteroatoms. The third-order valence-corrected chi connectivity index (χ3v) is 5.25. The van der Waals surface area contributed by atoms with Crippen molar-refractivity contribution in [3.8, 4) is 6.07 Å². The molecule has 0 rings (SSSR count). The van der Waals surface area contributed by atoms with E-state index in [1.165, 1.54) is 0 Å². The van der Waals surface area contributed by atoms with E-state index in [9.17, 15) is 0 Å². The predicted octanol–water partition coefficient (Wildman–Crippen LogP) is 3.32. The molecule has 0 saturated carbocycles. The second kappa shape index (κ2) is 9.17. The van der Waals surface area contributed by atoms with E-state index in [2.05, 4.69) is 6.07 Å². The standard InChI is InChI=1S/C10H20ClNO2Si/c1-3-8-13-15(11,14-9-4-2)10-6-5-7-12/h3-6,8-10H2,1-2H3. The molecule has 0 atom stereocenters. The fourth-order valence-electron chi connectivity index (χ4n) is 1.07. The summed E-state index contributed by atoms with van der Waals surface area (Å²) in [5.74, 6) is 0. The first-order valence-corrected chi connectivity index (χ1v) is 8.55. The lowest BCUT2D eigenvalue weighted by atomic mass is 10.4. The Kier molecular flexibility index (Phi) is 9.11. The van der Waals surface area contributed by atoms with Crippen molar-refractivity contribution in [2.45, 2.75) is 45.6 Å². The molecule has 0 aliphatic heterocycles. The van der Waals surface area contributed by atoms with Crippen molar-refractivity contribution < 1.29 is 8.85 Å². The highest BCUT2D eigenvalue weighted by Gasteiger charge is 2.34. The van der Waals surface area contributed by atoms with Gasteiger partial charge in [0.25, 0.3) is 0 Å². The average Bonchev–Trinajstić information content (AvgIpc) is 2.24. The zero-order valence-electron chi connectivity index (χ0n) is 9.59. The van der Waals surface area contributed by atoms with Gasteiger partial charge in [0.15, 0.2) is 0 Å². The van der Waals surface area contributed by atoms with Gasteiger partial charge >= 0.3 is 7.87 Å². The van der Waals surface area contributed by atoms with Crippen LogP contribution in [0.25, 0.3) is 0 Å². The van der Waals surface area contributed by atoms with Gasteiger partial charge in [-0.05, 0) is 19.3 Å². The second-order valence-electron chi connectivity index (χ2n) is 3.37. The molecular weight excluding hydrogens is 230 g/mol. The maximum Gasteiger partial charge on any atom is 0.443 e. The zero-order valence-corrected chi connectivity index (χ0v) is 11.3. The number of halogens is 1. The summed E-state index contributed by atoms with van der Waals surface area (Å²) in [6, 6.07) is 2.80. The molecule has 0 aromatic carbocycles. The Morgan fingerprint density at radius 1 is 1.20 bits per heavy atom. The molecule has 0 aliphatic rings. The monoisotopic (exact) mass is 249 g/mol. The summed E-state index contributed by atoms with van der Waals surface area (Å²) in [6.45, 7) is 5.37. The van der Waals surface area contributed by atoms with Crippen molar-refractivity contribution in [3.05, 3.63) is 0 Å². The maximum absolute atomic E-state index is 8.46. The van der Waals surface area contributed by atoms with Crippen LogP contribution < -0.4 is 0 Å². The van der Waals surface area contributed by atoms with Crippen LogP contribution in [-0.4, -0.2) is 21.1 Å². The number of nitriles is 1. The Hall–Kier alpha value is -0.0831. The molecule has 0 amide bonds. The van der Waals surface area contributed by atoms with Gasteiger partial charge in [0, 0.05) is 25.7 Å². The normalized spacial score (nSPS) is 11.3. The molecule has 0 aromatic rings. The van der Waals surface area contributed by atoms with Gasteiger partial charge in [-0.1, -0.05) is 24.9 Å². The van der Waals surface area contributed by atoms with Crippen molar-refractivity contribution in [2.24, 2.45) is 0 Å². The van der Waals surface area contributed by atoms with Gasteiger partial charge in [-0.3, -0.25) is 0 Å². The van der Waals surface area contributed by atoms with Crippen LogP contribution in [0.1, 0.15) is 39.5 Å². The van der Waals surface area contributed by atoms with E-state index in [1.807, 2.05) is 13.8 Å². The van der Waals surface area contributed by atoms with Crippen LogP contribution in [0, 0.1) is 11.3 Å². The summed E-state index contributed by atoms with van der Waals surface area (Å²) < 4.78 is 11.2. The van der Waals surface area contributed by atoms with Crippen LogP contribution in [0.3, 0.4) is 0 Å². The smallest absolute Gasteiger partial charge is 0.383 e. The minimum atomic E-state index is -2.51. The highest BCUT2D eigenvalue weighted by molar-refractivity contribution is 7.12. The van der Waals surface area contributed by atoms with Crippen LogP contribution in [-0.2, 0) is 8.85 Å². The SMILES string of the molecule is CCCO[Si](Cl)(CCCC#N)OCCC. The quantitative estimate of drug-likeness (QED) is 0.358. The number of nitrogens with zero attached hydrogens (tertiary/aromatic N) is 1. The highest BCUT2D eigenvalue weighted by atomic mass is 35.6. The predicted molar refractivity (Wildman–Crippen MR) is 63.7 cm³/mol. The van der Waals surface area contributed by atoms with E-state index in [0.717, 1.165) is 19.3 Å². The van der Waals surface area contributed by atoms with E-state index in [-0.39, 0.29) is 0 Å². The molecule has 88 valence electrons. The van der Waals surface area contributed by atoms with Crippen molar-refractivity contribution in [2.75, 3.05) is 13.2 Å². The zero-order chi connectivity index (χ0) is 11.6. The fraction of sp³-hybridized carbons (Fsp3) is 0.900. The van der Waals surface area contributed by atoms with Crippen LogP contribution in [0.5, 0.6) is 0 Å². The van der Waals surface area contributed by atoms with Crippen LogP contribution in [0.15, 0.2) is 0 Å². The van der Waals surface area contributed by atoms with Gasteiger partial charge in [0.2, 0.25) is 0 Å². The summed E-state index contributed by atoms with van der Waals surface area (Å²) in [5, 5.41) is 8.46. The van der Waals surface area contributed by atoms with E-state index < -0.39 is 7.87 Å². The third kappa shape index (κ3) is 7.80. The lowest BCUT2D eigenvalue weighted by molar-refractivity contribution is 0.186. The first kappa shape index (κ1) is 14.9. The summed E-state index contributed by atoms with van der Waals surface area (Å²) in [6.07, 6.45) is 3.16. The summed E-state index contributed by atoms with van der Waals surface area (Å²) >= 11 is 6.32. The van der Waals surface area contributed by atoms with Crippen LogP contribution >= 0.6 is 11.1 Å². The summed E-state index contributed by atoms with van der Waals surface area (Å²) in [7, 11) is -2.51. The largest absolute Gasteiger partial charge is 0.443 e. The highest BCUT2D eigenvalue weighted by Crippen LogP contribution is 2.22. The minimum Gasteiger partial charge on any atom is -0.383 e. The van der Waals surface area contributed by atoms with Gasteiger partial charge in [0.1, 0.15) is 0 Å². The molecule has 0 aromatic heterocycles. The van der Waals surface area contributed by atoms with Gasteiger partial charge in [-0.15, -0.1) is 0 Å². The van der Waals surface area contributed by atoms with Gasteiger partial charge in [-0.25, -0.2) is 0 Å².